The van der Waals surface area contributed by atoms with Crippen LogP contribution in [-0.2, 0) is 26.2 Å². The van der Waals surface area contributed by atoms with E-state index < -0.39 is 28.5 Å². The summed E-state index contributed by atoms with van der Waals surface area (Å²) >= 11 is 6.42. The predicted molar refractivity (Wildman–Crippen MR) is 152 cm³/mol. The number of halogens is 1. The first kappa shape index (κ1) is 29.2. The van der Waals surface area contributed by atoms with Crippen LogP contribution < -0.4 is 9.62 Å². The van der Waals surface area contributed by atoms with E-state index in [1.807, 2.05) is 45.0 Å². The Morgan fingerprint density at radius 1 is 0.921 bits per heavy atom. The van der Waals surface area contributed by atoms with Crippen molar-refractivity contribution in [2.24, 2.45) is 0 Å². The van der Waals surface area contributed by atoms with Gasteiger partial charge in [-0.1, -0.05) is 73.1 Å². The van der Waals surface area contributed by atoms with Crippen LogP contribution in [0.2, 0.25) is 5.02 Å². The van der Waals surface area contributed by atoms with E-state index in [-0.39, 0.29) is 34.1 Å². The van der Waals surface area contributed by atoms with E-state index in [2.05, 4.69) is 5.32 Å². The topological polar surface area (TPSA) is 86.8 Å². The molecule has 7 nitrogen and oxygen atoms in total. The van der Waals surface area contributed by atoms with E-state index in [0.717, 1.165) is 21.9 Å². The first-order chi connectivity index (χ1) is 18.1. The molecule has 0 aromatic heterocycles. The predicted octanol–water partition coefficient (Wildman–Crippen LogP) is 5.18. The zero-order valence-electron chi connectivity index (χ0n) is 22.1. The fraction of sp³-hybridized carbons (Fsp3) is 0.310. The summed E-state index contributed by atoms with van der Waals surface area (Å²) < 4.78 is 28.5. The fourth-order valence-corrected chi connectivity index (χ4v) is 5.65. The number of para-hydroxylation sites is 1. The van der Waals surface area contributed by atoms with Crippen molar-refractivity contribution >= 4 is 39.1 Å². The zero-order chi connectivity index (χ0) is 27.9. The Morgan fingerprint density at radius 3 is 2.16 bits per heavy atom. The molecule has 3 aromatic carbocycles. The molecule has 9 heteroatoms. The summed E-state index contributed by atoms with van der Waals surface area (Å²) in [5.74, 6) is -0.837. The van der Waals surface area contributed by atoms with Crippen molar-refractivity contribution in [2.75, 3.05) is 10.8 Å². The van der Waals surface area contributed by atoms with E-state index in [1.165, 1.54) is 17.0 Å². The van der Waals surface area contributed by atoms with Crippen LogP contribution in [0, 0.1) is 6.92 Å². The molecular formula is C29H34ClN3O4S. The van der Waals surface area contributed by atoms with Gasteiger partial charge in [0.05, 0.1) is 15.6 Å². The Kier molecular flexibility index (Phi) is 9.94. The second kappa shape index (κ2) is 12.9. The van der Waals surface area contributed by atoms with Crippen LogP contribution in [0.15, 0.2) is 83.8 Å². The molecule has 2 amide bonds. The fourth-order valence-electron chi connectivity index (χ4n) is 3.91. The summed E-state index contributed by atoms with van der Waals surface area (Å²) in [6.07, 6.45) is 0.736. The maximum Gasteiger partial charge on any atom is 0.264 e. The van der Waals surface area contributed by atoms with Gasteiger partial charge in [0.25, 0.3) is 10.0 Å². The molecule has 0 aliphatic rings. The normalized spacial score (nSPS) is 12.9. The number of aryl methyl sites for hydroxylation is 1. The number of carbonyl (C=O) groups is 2. The van der Waals surface area contributed by atoms with Crippen LogP contribution in [0.3, 0.4) is 0 Å². The molecular weight excluding hydrogens is 522 g/mol. The molecule has 0 radical (unpaired) electrons. The highest BCUT2D eigenvalue weighted by Crippen LogP contribution is 2.30. The number of hydrogen-bond acceptors (Lipinski definition) is 4. The Bertz CT molecular complexity index is 1370. The van der Waals surface area contributed by atoms with E-state index in [1.54, 1.807) is 49.4 Å². The highest BCUT2D eigenvalue weighted by atomic mass is 35.5. The number of nitrogens with one attached hydrogen (secondary N) is 1. The minimum absolute atomic E-state index is 0.0285. The minimum atomic E-state index is -4.15. The third-order valence-corrected chi connectivity index (χ3v) is 8.60. The molecule has 202 valence electrons. The van der Waals surface area contributed by atoms with Gasteiger partial charge in [0, 0.05) is 12.6 Å². The summed E-state index contributed by atoms with van der Waals surface area (Å²) in [4.78, 5) is 28.5. The monoisotopic (exact) mass is 555 g/mol. The number of rotatable bonds is 11. The van der Waals surface area contributed by atoms with Gasteiger partial charge in [-0.3, -0.25) is 13.9 Å². The molecule has 0 aliphatic heterocycles. The van der Waals surface area contributed by atoms with E-state index in [4.69, 9.17) is 11.6 Å². The van der Waals surface area contributed by atoms with E-state index >= 15 is 0 Å². The van der Waals surface area contributed by atoms with Gasteiger partial charge in [-0.15, -0.1) is 0 Å². The molecule has 0 aliphatic carbocycles. The van der Waals surface area contributed by atoms with Crippen molar-refractivity contribution in [3.8, 4) is 0 Å². The second-order valence-electron chi connectivity index (χ2n) is 9.22. The van der Waals surface area contributed by atoms with E-state index in [9.17, 15) is 18.0 Å². The summed E-state index contributed by atoms with van der Waals surface area (Å²) in [5, 5.41) is 3.12. The number of nitrogens with zero attached hydrogens (tertiary/aromatic N) is 2. The van der Waals surface area contributed by atoms with Gasteiger partial charge in [-0.25, -0.2) is 8.42 Å². The molecule has 0 spiro atoms. The third kappa shape index (κ3) is 6.94. The lowest BCUT2D eigenvalue weighted by Gasteiger charge is -2.33. The average Bonchev–Trinajstić information content (AvgIpc) is 2.91. The zero-order valence-corrected chi connectivity index (χ0v) is 23.7. The van der Waals surface area contributed by atoms with Crippen molar-refractivity contribution in [3.05, 3.63) is 95.0 Å². The van der Waals surface area contributed by atoms with Gasteiger partial charge < -0.3 is 10.2 Å². The summed E-state index contributed by atoms with van der Waals surface area (Å²) in [5.41, 5.74) is 2.00. The van der Waals surface area contributed by atoms with Crippen molar-refractivity contribution in [1.29, 1.82) is 0 Å². The van der Waals surface area contributed by atoms with Gasteiger partial charge in [0.15, 0.2) is 0 Å². The lowest BCUT2D eigenvalue weighted by molar-refractivity contribution is -0.139. The van der Waals surface area contributed by atoms with Crippen LogP contribution in [0.1, 0.15) is 38.3 Å². The highest BCUT2D eigenvalue weighted by Gasteiger charge is 2.33. The number of hydrogen-bond donors (Lipinski definition) is 1. The van der Waals surface area contributed by atoms with Crippen molar-refractivity contribution < 1.29 is 18.0 Å². The molecule has 38 heavy (non-hydrogen) atoms. The third-order valence-electron chi connectivity index (χ3n) is 6.50. The number of sulfonamides is 1. The quantitative estimate of drug-likeness (QED) is 0.353. The number of amides is 2. The largest absolute Gasteiger partial charge is 0.352 e. The van der Waals surface area contributed by atoms with E-state index in [0.29, 0.717) is 0 Å². The first-order valence-corrected chi connectivity index (χ1v) is 14.3. The van der Waals surface area contributed by atoms with Crippen molar-refractivity contribution in [1.82, 2.24) is 10.2 Å². The summed E-state index contributed by atoms with van der Waals surface area (Å²) in [6.45, 7) is 7.04. The maximum absolute atomic E-state index is 13.9. The van der Waals surface area contributed by atoms with Crippen molar-refractivity contribution in [3.63, 3.8) is 0 Å². The van der Waals surface area contributed by atoms with Crippen LogP contribution >= 0.6 is 11.6 Å². The molecule has 3 aromatic rings. The molecule has 0 heterocycles. The summed E-state index contributed by atoms with van der Waals surface area (Å²) in [7, 11) is -4.15. The van der Waals surface area contributed by atoms with Crippen molar-refractivity contribution in [2.45, 2.75) is 57.6 Å². The van der Waals surface area contributed by atoms with Gasteiger partial charge >= 0.3 is 0 Å². The van der Waals surface area contributed by atoms with Gasteiger partial charge in [0.2, 0.25) is 11.8 Å². The molecule has 0 fully saturated rings. The summed E-state index contributed by atoms with van der Waals surface area (Å²) in [6, 6.07) is 21.0. The lowest BCUT2D eigenvalue weighted by atomic mass is 10.1. The molecule has 3 rings (SSSR count). The van der Waals surface area contributed by atoms with Gasteiger partial charge in [-0.05, 0) is 62.6 Å². The number of carbonyl (C=O) groups excluding carboxylic acids is 2. The first-order valence-electron chi connectivity index (χ1n) is 12.5. The van der Waals surface area contributed by atoms with Gasteiger partial charge in [0.1, 0.15) is 12.6 Å². The lowest BCUT2D eigenvalue weighted by Crippen LogP contribution is -2.52. The SMILES string of the molecule is CC[C@H](C)NC(=O)[C@H](C)N(Cc1ccccc1C)C(=O)CN(c1ccccc1Cl)S(=O)(=O)c1ccccc1. The van der Waals surface area contributed by atoms with Gasteiger partial charge in [-0.2, -0.15) is 0 Å². The molecule has 0 unspecified atom stereocenters. The molecule has 0 saturated heterocycles. The minimum Gasteiger partial charge on any atom is -0.352 e. The second-order valence-corrected chi connectivity index (χ2v) is 11.5. The number of benzene rings is 3. The number of anilines is 1. The highest BCUT2D eigenvalue weighted by molar-refractivity contribution is 7.92. The molecule has 2 atom stereocenters. The van der Waals surface area contributed by atoms with Crippen LogP contribution in [0.5, 0.6) is 0 Å². The Labute approximate surface area is 230 Å². The van der Waals surface area contributed by atoms with Crippen LogP contribution in [0.25, 0.3) is 0 Å². The molecule has 0 bridgehead atoms. The molecule has 1 N–H and O–H groups in total. The average molecular weight is 556 g/mol. The Morgan fingerprint density at radius 2 is 1.53 bits per heavy atom. The Hall–Kier alpha value is -3.36. The van der Waals surface area contributed by atoms with Crippen LogP contribution in [-0.4, -0.2) is 43.8 Å². The maximum atomic E-state index is 13.9. The van der Waals surface area contributed by atoms with Crippen LogP contribution in [0.4, 0.5) is 5.69 Å². The molecule has 0 saturated carbocycles. The Balaban J connectivity index is 2.04. The standard InChI is InChI=1S/C29H34ClN3O4S/c1-5-22(3)31-29(35)23(4)32(19-24-14-10-9-13-21(24)2)28(34)20-33(27-18-12-11-17-26(27)30)38(36,37)25-15-7-6-8-16-25/h6-18,22-23H,5,19-20H2,1-4H3,(H,31,35)/t22-,23-/m0/s1. The smallest absolute Gasteiger partial charge is 0.264 e.